The molecule has 0 aliphatic carbocycles. The molecule has 1 fully saturated rings. The minimum absolute atomic E-state index is 0.0873. The number of methoxy groups -OCH3 is 2. The Kier molecular flexibility index (Phi) is 7.06. The number of rotatable bonds is 7. The maximum absolute atomic E-state index is 14.2. The Labute approximate surface area is 170 Å². The number of ether oxygens (including phenoxy) is 3. The Morgan fingerprint density at radius 1 is 1.25 bits per heavy atom. The van der Waals surface area contributed by atoms with Crippen molar-refractivity contribution in [2.45, 2.75) is 25.5 Å². The summed E-state index contributed by atoms with van der Waals surface area (Å²) in [6.45, 7) is 1.71. The van der Waals surface area contributed by atoms with Gasteiger partial charge < -0.3 is 24.4 Å². The average Bonchev–Trinajstić information content (AvgIpc) is 3.22. The molecule has 0 spiro atoms. The number of anilines is 1. The predicted molar refractivity (Wildman–Crippen MR) is 112 cm³/mol. The second-order valence-electron chi connectivity index (χ2n) is 6.60. The Balaban J connectivity index is 1.78. The standard InChI is InChI=1S/C21H25FN2O3S/c1-25-16-9-10-19(20(12-16)26-2)23-21(28)24(14-17-7-5-11-27-17)13-15-6-3-4-8-18(15)22/h3-4,6,8-10,12,17H,5,7,11,13-14H2,1-2H3,(H,23,28). The number of halogens is 1. The van der Waals surface area contributed by atoms with E-state index in [0.29, 0.717) is 35.3 Å². The van der Waals surface area contributed by atoms with Crippen molar-refractivity contribution in [3.63, 3.8) is 0 Å². The molecule has 1 atom stereocenters. The lowest BCUT2D eigenvalue weighted by molar-refractivity contribution is 0.0903. The summed E-state index contributed by atoms with van der Waals surface area (Å²) in [5.74, 6) is 1.06. The molecule has 1 aliphatic heterocycles. The van der Waals surface area contributed by atoms with Crippen LogP contribution in [0.3, 0.4) is 0 Å². The second-order valence-corrected chi connectivity index (χ2v) is 6.99. The Morgan fingerprint density at radius 3 is 2.75 bits per heavy atom. The van der Waals surface area contributed by atoms with Crippen LogP contribution >= 0.6 is 12.2 Å². The van der Waals surface area contributed by atoms with Crippen LogP contribution in [0.2, 0.25) is 0 Å². The smallest absolute Gasteiger partial charge is 0.173 e. The van der Waals surface area contributed by atoms with Crippen molar-refractivity contribution in [2.24, 2.45) is 0 Å². The van der Waals surface area contributed by atoms with Gasteiger partial charge in [0.2, 0.25) is 0 Å². The summed E-state index contributed by atoms with van der Waals surface area (Å²) >= 11 is 5.65. The van der Waals surface area contributed by atoms with Crippen molar-refractivity contribution in [3.8, 4) is 11.5 Å². The minimum atomic E-state index is -0.246. The quantitative estimate of drug-likeness (QED) is 0.697. The zero-order valence-electron chi connectivity index (χ0n) is 16.1. The Morgan fingerprint density at radius 2 is 2.07 bits per heavy atom. The minimum Gasteiger partial charge on any atom is -0.497 e. The van der Waals surface area contributed by atoms with Gasteiger partial charge in [-0.05, 0) is 43.3 Å². The van der Waals surface area contributed by atoms with Crippen molar-refractivity contribution in [3.05, 3.63) is 53.8 Å². The van der Waals surface area contributed by atoms with E-state index < -0.39 is 0 Å². The largest absolute Gasteiger partial charge is 0.497 e. The van der Waals surface area contributed by atoms with E-state index in [0.717, 1.165) is 25.1 Å². The lowest BCUT2D eigenvalue weighted by Crippen LogP contribution is -2.39. The van der Waals surface area contributed by atoms with Gasteiger partial charge in [-0.2, -0.15) is 0 Å². The van der Waals surface area contributed by atoms with E-state index >= 15 is 0 Å². The van der Waals surface area contributed by atoms with Crippen molar-refractivity contribution < 1.29 is 18.6 Å². The highest BCUT2D eigenvalue weighted by atomic mass is 32.1. The summed E-state index contributed by atoms with van der Waals surface area (Å²) in [6, 6.07) is 12.2. The first kappa shape index (κ1) is 20.4. The average molecular weight is 405 g/mol. The van der Waals surface area contributed by atoms with Crippen LogP contribution in [0, 0.1) is 5.82 Å². The predicted octanol–water partition coefficient (Wildman–Crippen LogP) is 4.22. The molecule has 0 bridgehead atoms. The van der Waals surface area contributed by atoms with E-state index in [9.17, 15) is 4.39 Å². The summed E-state index contributed by atoms with van der Waals surface area (Å²) in [4.78, 5) is 1.94. The fourth-order valence-corrected chi connectivity index (χ4v) is 3.43. The van der Waals surface area contributed by atoms with Gasteiger partial charge in [-0.1, -0.05) is 18.2 Å². The monoisotopic (exact) mass is 404 g/mol. The molecule has 150 valence electrons. The van der Waals surface area contributed by atoms with Gasteiger partial charge in [0.15, 0.2) is 5.11 Å². The number of thiocarbonyl (C=S) groups is 1. The number of benzene rings is 2. The molecule has 1 aliphatic rings. The summed E-state index contributed by atoms with van der Waals surface area (Å²) < 4.78 is 30.6. The van der Waals surface area contributed by atoms with Crippen LogP contribution in [-0.4, -0.2) is 43.5 Å². The highest BCUT2D eigenvalue weighted by Gasteiger charge is 2.22. The molecule has 0 radical (unpaired) electrons. The molecule has 1 unspecified atom stereocenters. The molecule has 1 saturated heterocycles. The Bertz CT molecular complexity index is 812. The van der Waals surface area contributed by atoms with Crippen LogP contribution in [0.1, 0.15) is 18.4 Å². The van der Waals surface area contributed by atoms with Crippen LogP contribution in [0.25, 0.3) is 0 Å². The molecule has 3 rings (SSSR count). The first-order chi connectivity index (χ1) is 13.6. The van der Waals surface area contributed by atoms with Gasteiger partial charge in [-0.25, -0.2) is 4.39 Å². The van der Waals surface area contributed by atoms with Crippen LogP contribution in [0.15, 0.2) is 42.5 Å². The van der Waals surface area contributed by atoms with E-state index in [4.69, 9.17) is 26.4 Å². The van der Waals surface area contributed by atoms with Crippen LogP contribution < -0.4 is 14.8 Å². The maximum Gasteiger partial charge on any atom is 0.173 e. The van der Waals surface area contributed by atoms with Crippen LogP contribution in [0.4, 0.5) is 10.1 Å². The normalized spacial score (nSPS) is 15.9. The number of hydrogen-bond acceptors (Lipinski definition) is 4. The van der Waals surface area contributed by atoms with Gasteiger partial charge >= 0.3 is 0 Å². The highest BCUT2D eigenvalue weighted by molar-refractivity contribution is 7.80. The third kappa shape index (κ3) is 5.11. The number of nitrogens with zero attached hydrogens (tertiary/aromatic N) is 1. The van der Waals surface area contributed by atoms with Crippen molar-refractivity contribution in [2.75, 3.05) is 32.7 Å². The van der Waals surface area contributed by atoms with E-state index in [2.05, 4.69) is 5.32 Å². The molecule has 1 N–H and O–H groups in total. The zero-order valence-corrected chi connectivity index (χ0v) is 16.9. The highest BCUT2D eigenvalue weighted by Crippen LogP contribution is 2.29. The molecular formula is C21H25FN2O3S. The van der Waals surface area contributed by atoms with Gasteiger partial charge in [-0.3, -0.25) is 0 Å². The van der Waals surface area contributed by atoms with E-state index in [-0.39, 0.29) is 11.9 Å². The van der Waals surface area contributed by atoms with Gasteiger partial charge in [0.05, 0.1) is 26.0 Å². The van der Waals surface area contributed by atoms with Gasteiger partial charge in [0.25, 0.3) is 0 Å². The topological polar surface area (TPSA) is 43.0 Å². The summed E-state index contributed by atoms with van der Waals surface area (Å²) in [5.41, 5.74) is 1.31. The van der Waals surface area contributed by atoms with E-state index in [1.807, 2.05) is 23.1 Å². The van der Waals surface area contributed by atoms with E-state index in [1.54, 1.807) is 32.4 Å². The van der Waals surface area contributed by atoms with E-state index in [1.165, 1.54) is 6.07 Å². The lowest BCUT2D eigenvalue weighted by Gasteiger charge is -2.29. The second kappa shape index (κ2) is 9.71. The third-order valence-corrected chi connectivity index (χ3v) is 5.06. The molecule has 1 heterocycles. The fraction of sp³-hybridized carbons (Fsp3) is 0.381. The van der Waals surface area contributed by atoms with Crippen molar-refractivity contribution in [1.29, 1.82) is 0 Å². The summed E-state index contributed by atoms with van der Waals surface area (Å²) in [6.07, 6.45) is 2.09. The first-order valence-corrected chi connectivity index (χ1v) is 9.64. The van der Waals surface area contributed by atoms with Crippen molar-refractivity contribution in [1.82, 2.24) is 4.90 Å². The SMILES string of the molecule is COc1ccc(NC(=S)N(Cc2ccccc2F)CC2CCCO2)c(OC)c1. The Hall–Kier alpha value is -2.38. The third-order valence-electron chi connectivity index (χ3n) is 4.70. The van der Waals surface area contributed by atoms with Gasteiger partial charge in [0.1, 0.15) is 17.3 Å². The van der Waals surface area contributed by atoms with Crippen LogP contribution in [-0.2, 0) is 11.3 Å². The zero-order chi connectivity index (χ0) is 19.9. The van der Waals surface area contributed by atoms with Gasteiger partial charge in [0, 0.05) is 31.3 Å². The molecular weight excluding hydrogens is 379 g/mol. The number of nitrogens with one attached hydrogen (secondary N) is 1. The molecule has 0 aromatic heterocycles. The maximum atomic E-state index is 14.2. The molecule has 0 amide bonds. The summed E-state index contributed by atoms with van der Waals surface area (Å²) in [5, 5.41) is 3.71. The van der Waals surface area contributed by atoms with Crippen LogP contribution in [0.5, 0.6) is 11.5 Å². The molecule has 0 saturated carbocycles. The first-order valence-electron chi connectivity index (χ1n) is 9.23. The molecule has 28 heavy (non-hydrogen) atoms. The molecule has 7 heteroatoms. The number of hydrogen-bond donors (Lipinski definition) is 1. The molecule has 2 aromatic carbocycles. The lowest BCUT2D eigenvalue weighted by atomic mass is 10.2. The fourth-order valence-electron chi connectivity index (χ4n) is 3.18. The molecule has 2 aromatic rings. The summed E-state index contributed by atoms with van der Waals surface area (Å²) in [7, 11) is 3.19. The molecule has 5 nitrogen and oxygen atoms in total. The van der Waals surface area contributed by atoms with Crippen molar-refractivity contribution >= 4 is 23.0 Å². The van der Waals surface area contributed by atoms with Gasteiger partial charge in [-0.15, -0.1) is 0 Å².